The Morgan fingerprint density at radius 3 is 1.33 bits per heavy atom. The molecule has 150 valence electrons. The SMILES string of the molecule is CCC(=O)[O-].c1ccc(-c2ccc([S+](c3ccccc3)c3ccccc3)cc2)cc1. The van der Waals surface area contributed by atoms with Crippen molar-refractivity contribution in [1.82, 2.24) is 0 Å². The lowest BCUT2D eigenvalue weighted by molar-refractivity contribution is -0.305. The van der Waals surface area contributed by atoms with Crippen LogP contribution in [0.2, 0.25) is 0 Å². The number of benzene rings is 4. The lowest BCUT2D eigenvalue weighted by Gasteiger charge is -2.09. The predicted octanol–water partition coefficient (Wildman–Crippen LogP) is 5.60. The summed E-state index contributed by atoms with van der Waals surface area (Å²) in [7, 11) is -0.0793. The number of carboxylic acid groups (broad SMARTS) is 1. The molecule has 0 atom stereocenters. The van der Waals surface area contributed by atoms with Crippen molar-refractivity contribution in [1.29, 1.82) is 0 Å². The second-order valence-electron chi connectivity index (χ2n) is 6.55. The van der Waals surface area contributed by atoms with Crippen LogP contribution in [-0.4, -0.2) is 5.97 Å². The summed E-state index contributed by atoms with van der Waals surface area (Å²) >= 11 is 0. The van der Waals surface area contributed by atoms with Crippen molar-refractivity contribution in [3.05, 3.63) is 115 Å². The molecule has 2 nitrogen and oxygen atoms in total. The Kier molecular flexibility index (Phi) is 7.87. The first kappa shape index (κ1) is 21.4. The van der Waals surface area contributed by atoms with Gasteiger partial charge in [-0.3, -0.25) is 0 Å². The van der Waals surface area contributed by atoms with E-state index in [1.54, 1.807) is 0 Å². The van der Waals surface area contributed by atoms with Gasteiger partial charge in [-0.25, -0.2) is 0 Å². The molecule has 0 saturated heterocycles. The molecule has 0 unspecified atom stereocenters. The van der Waals surface area contributed by atoms with Gasteiger partial charge in [0, 0.05) is 5.97 Å². The van der Waals surface area contributed by atoms with Crippen LogP contribution in [0.15, 0.2) is 130 Å². The molecule has 4 rings (SSSR count). The van der Waals surface area contributed by atoms with Gasteiger partial charge in [0.2, 0.25) is 0 Å². The first-order valence-corrected chi connectivity index (χ1v) is 11.1. The first-order chi connectivity index (χ1) is 14.7. The molecule has 0 radical (unpaired) electrons. The van der Waals surface area contributed by atoms with Gasteiger partial charge in [-0.1, -0.05) is 73.7 Å². The van der Waals surface area contributed by atoms with E-state index >= 15 is 0 Å². The molecule has 4 aromatic rings. The fraction of sp³-hybridized carbons (Fsp3) is 0.0741. The maximum Gasteiger partial charge on any atom is 0.166 e. The van der Waals surface area contributed by atoms with E-state index in [0.29, 0.717) is 0 Å². The minimum absolute atomic E-state index is 0.0793. The van der Waals surface area contributed by atoms with Crippen molar-refractivity contribution in [3.63, 3.8) is 0 Å². The van der Waals surface area contributed by atoms with Gasteiger partial charge >= 0.3 is 0 Å². The van der Waals surface area contributed by atoms with Crippen LogP contribution in [0.5, 0.6) is 0 Å². The molecule has 0 aliphatic heterocycles. The zero-order chi connectivity index (χ0) is 21.2. The topological polar surface area (TPSA) is 40.1 Å². The average Bonchev–Trinajstić information content (AvgIpc) is 2.82. The summed E-state index contributed by atoms with van der Waals surface area (Å²) < 4.78 is 0. The summed E-state index contributed by atoms with van der Waals surface area (Å²) in [5.41, 5.74) is 2.52. The van der Waals surface area contributed by atoms with Crippen molar-refractivity contribution < 1.29 is 9.90 Å². The van der Waals surface area contributed by atoms with Crippen molar-refractivity contribution in [3.8, 4) is 11.1 Å². The minimum Gasteiger partial charge on any atom is -0.550 e. The third-order valence-electron chi connectivity index (χ3n) is 4.44. The van der Waals surface area contributed by atoms with Gasteiger partial charge in [0.1, 0.15) is 0 Å². The van der Waals surface area contributed by atoms with E-state index in [1.807, 2.05) is 0 Å². The largest absolute Gasteiger partial charge is 0.550 e. The molecule has 0 N–H and O–H groups in total. The maximum atomic E-state index is 9.26. The normalized spacial score (nSPS) is 10.2. The lowest BCUT2D eigenvalue weighted by Crippen LogP contribution is -2.19. The number of rotatable bonds is 5. The second kappa shape index (κ2) is 11.0. The molecular formula is C27H24O2S. The standard InChI is InChI=1S/C24H19S.C3H6O2/c1-4-10-20(11-5-1)21-16-18-24(19-17-21)25(22-12-6-2-7-13-22)23-14-8-3-9-15-23;1-2-3(4)5/h1-19H;2H2,1H3,(H,4,5)/q+1;/p-1. The van der Waals surface area contributed by atoms with Crippen molar-refractivity contribution in [2.45, 2.75) is 28.0 Å². The maximum absolute atomic E-state index is 9.26. The molecule has 0 saturated carbocycles. The first-order valence-electron chi connectivity index (χ1n) is 9.88. The highest BCUT2D eigenvalue weighted by Gasteiger charge is 2.27. The highest BCUT2D eigenvalue weighted by atomic mass is 32.2. The Labute approximate surface area is 181 Å². The molecular weight excluding hydrogens is 388 g/mol. The summed E-state index contributed by atoms with van der Waals surface area (Å²) in [5.74, 6) is -0.995. The molecule has 0 aromatic heterocycles. The van der Waals surface area contributed by atoms with Gasteiger partial charge in [0.25, 0.3) is 0 Å². The van der Waals surface area contributed by atoms with Crippen LogP contribution in [0.3, 0.4) is 0 Å². The van der Waals surface area contributed by atoms with Crippen LogP contribution in [0.4, 0.5) is 0 Å². The van der Waals surface area contributed by atoms with E-state index in [0.717, 1.165) is 0 Å². The monoisotopic (exact) mass is 412 g/mol. The van der Waals surface area contributed by atoms with Crippen LogP contribution in [0.25, 0.3) is 11.1 Å². The van der Waals surface area contributed by atoms with E-state index in [9.17, 15) is 9.90 Å². The lowest BCUT2D eigenvalue weighted by atomic mass is 10.1. The van der Waals surface area contributed by atoms with Gasteiger partial charge in [0.15, 0.2) is 14.7 Å². The number of carboxylic acids is 1. The molecule has 3 heteroatoms. The summed E-state index contributed by atoms with van der Waals surface area (Å²) in [6.07, 6.45) is 0.111. The third kappa shape index (κ3) is 5.85. The van der Waals surface area contributed by atoms with E-state index in [4.69, 9.17) is 0 Å². The van der Waals surface area contributed by atoms with E-state index < -0.39 is 5.97 Å². The van der Waals surface area contributed by atoms with Crippen LogP contribution < -0.4 is 5.11 Å². The highest BCUT2D eigenvalue weighted by molar-refractivity contribution is 7.97. The second-order valence-corrected chi connectivity index (χ2v) is 8.57. The third-order valence-corrected chi connectivity index (χ3v) is 6.67. The predicted molar refractivity (Wildman–Crippen MR) is 122 cm³/mol. The Bertz CT molecular complexity index is 991. The van der Waals surface area contributed by atoms with Crippen molar-refractivity contribution in [2.75, 3.05) is 0 Å². The van der Waals surface area contributed by atoms with Crippen molar-refractivity contribution >= 4 is 16.9 Å². The Hall–Kier alpha value is -3.30. The van der Waals surface area contributed by atoms with Gasteiger partial charge in [-0.05, 0) is 66.1 Å². The molecule has 0 amide bonds. The summed E-state index contributed by atoms with van der Waals surface area (Å²) in [5, 5.41) is 9.26. The van der Waals surface area contributed by atoms with E-state index in [2.05, 4.69) is 115 Å². The Balaban J connectivity index is 0.000000461. The molecule has 0 heterocycles. The van der Waals surface area contributed by atoms with Gasteiger partial charge < -0.3 is 9.90 Å². The van der Waals surface area contributed by atoms with Crippen molar-refractivity contribution in [2.24, 2.45) is 0 Å². The van der Waals surface area contributed by atoms with E-state index in [-0.39, 0.29) is 17.3 Å². The summed E-state index contributed by atoms with van der Waals surface area (Å²) in [4.78, 5) is 13.3. The fourth-order valence-corrected chi connectivity index (χ4v) is 5.02. The smallest absolute Gasteiger partial charge is 0.166 e. The quantitative estimate of drug-likeness (QED) is 0.401. The van der Waals surface area contributed by atoms with Crippen LogP contribution >= 0.6 is 0 Å². The number of aliphatic carboxylic acids is 1. The average molecular weight is 413 g/mol. The van der Waals surface area contributed by atoms with Gasteiger partial charge in [-0.2, -0.15) is 0 Å². The minimum atomic E-state index is -0.995. The number of hydrogen-bond donors (Lipinski definition) is 0. The van der Waals surface area contributed by atoms with Crippen LogP contribution in [-0.2, 0) is 15.7 Å². The van der Waals surface area contributed by atoms with Crippen LogP contribution in [0, 0.1) is 0 Å². The molecule has 0 aliphatic carbocycles. The molecule has 4 aromatic carbocycles. The molecule has 0 bridgehead atoms. The zero-order valence-corrected chi connectivity index (χ0v) is 17.7. The number of carbonyl (C=O) groups excluding carboxylic acids is 1. The Morgan fingerprint density at radius 2 is 0.933 bits per heavy atom. The fourth-order valence-electron chi connectivity index (χ4n) is 2.94. The summed E-state index contributed by atoms with van der Waals surface area (Å²) in [6, 6.07) is 41.1. The number of carbonyl (C=O) groups is 1. The van der Waals surface area contributed by atoms with Gasteiger partial charge in [-0.15, -0.1) is 0 Å². The number of hydrogen-bond acceptors (Lipinski definition) is 2. The van der Waals surface area contributed by atoms with Crippen LogP contribution in [0.1, 0.15) is 13.3 Å². The molecule has 0 fully saturated rings. The van der Waals surface area contributed by atoms with Gasteiger partial charge in [0.05, 0.1) is 10.9 Å². The summed E-state index contributed by atoms with van der Waals surface area (Å²) in [6.45, 7) is 1.54. The molecule has 0 spiro atoms. The zero-order valence-electron chi connectivity index (χ0n) is 16.9. The highest BCUT2D eigenvalue weighted by Crippen LogP contribution is 2.32. The Morgan fingerprint density at radius 1 is 0.600 bits per heavy atom. The van der Waals surface area contributed by atoms with E-state index in [1.165, 1.54) is 32.7 Å². The molecule has 30 heavy (non-hydrogen) atoms. The molecule has 0 aliphatic rings.